The highest BCUT2D eigenvalue weighted by Gasteiger charge is 2.32. The zero-order valence-electron chi connectivity index (χ0n) is 19.3. The number of halogens is 1. The van der Waals surface area contributed by atoms with E-state index in [4.69, 9.17) is 0 Å². The highest BCUT2D eigenvalue weighted by atomic mass is 79.9. The van der Waals surface area contributed by atoms with Gasteiger partial charge in [0.15, 0.2) is 0 Å². The lowest BCUT2D eigenvalue weighted by atomic mass is 10.1. The number of hydrogen-bond donors (Lipinski definition) is 1. The van der Waals surface area contributed by atoms with Gasteiger partial charge in [0.25, 0.3) is 0 Å². The number of nitrogens with one attached hydrogen (secondary N) is 1. The fraction of sp³-hybridized carbons (Fsp3) is 0.417. The molecular weight excluding hydrogens is 506 g/mol. The summed E-state index contributed by atoms with van der Waals surface area (Å²) >= 11 is 3.38. The van der Waals surface area contributed by atoms with Crippen molar-refractivity contribution in [3.8, 4) is 0 Å². The van der Waals surface area contributed by atoms with Gasteiger partial charge < -0.3 is 10.2 Å². The molecule has 0 aromatic heterocycles. The SMILES string of the molecule is CCCCNC(=O)[C@@H](CC)N(Cc1ccccc1)C(=O)CN(c1ccccc1Br)S(C)(=O)=O. The number of carbonyl (C=O) groups excluding carboxylic acids is 2. The average Bonchev–Trinajstić information content (AvgIpc) is 2.78. The van der Waals surface area contributed by atoms with Gasteiger partial charge in [-0.2, -0.15) is 0 Å². The lowest BCUT2D eigenvalue weighted by Gasteiger charge is -2.33. The van der Waals surface area contributed by atoms with Crippen LogP contribution in [0.2, 0.25) is 0 Å². The lowest BCUT2D eigenvalue weighted by molar-refractivity contribution is -0.140. The number of unbranched alkanes of at least 4 members (excludes halogenated alkanes) is 1. The van der Waals surface area contributed by atoms with E-state index in [0.29, 0.717) is 23.1 Å². The molecule has 0 fully saturated rings. The molecule has 0 spiro atoms. The van der Waals surface area contributed by atoms with Gasteiger partial charge in [0.2, 0.25) is 21.8 Å². The molecule has 2 aromatic rings. The molecule has 0 heterocycles. The number of benzene rings is 2. The van der Waals surface area contributed by atoms with E-state index >= 15 is 0 Å². The zero-order valence-corrected chi connectivity index (χ0v) is 21.7. The molecule has 0 saturated heterocycles. The fourth-order valence-electron chi connectivity index (χ4n) is 3.45. The van der Waals surface area contributed by atoms with Crippen LogP contribution in [0, 0.1) is 0 Å². The van der Waals surface area contributed by atoms with E-state index in [9.17, 15) is 18.0 Å². The van der Waals surface area contributed by atoms with Gasteiger partial charge in [-0.05, 0) is 46.5 Å². The Hall–Kier alpha value is -2.39. The monoisotopic (exact) mass is 537 g/mol. The predicted octanol–water partition coefficient (Wildman–Crippen LogP) is 3.94. The molecule has 2 amide bonds. The van der Waals surface area contributed by atoms with Crippen LogP contribution in [0.3, 0.4) is 0 Å². The molecule has 0 saturated carbocycles. The van der Waals surface area contributed by atoms with Gasteiger partial charge in [-0.15, -0.1) is 0 Å². The van der Waals surface area contributed by atoms with Gasteiger partial charge in [-0.25, -0.2) is 8.42 Å². The number of para-hydroxylation sites is 1. The zero-order chi connectivity index (χ0) is 24.4. The van der Waals surface area contributed by atoms with E-state index in [-0.39, 0.29) is 12.5 Å². The van der Waals surface area contributed by atoms with Crippen LogP contribution < -0.4 is 9.62 Å². The number of rotatable bonds is 12. The Kier molecular flexibility index (Phi) is 10.4. The fourth-order valence-corrected chi connectivity index (χ4v) is 4.93. The van der Waals surface area contributed by atoms with Crippen molar-refractivity contribution in [2.75, 3.05) is 23.7 Å². The van der Waals surface area contributed by atoms with Crippen molar-refractivity contribution in [1.29, 1.82) is 0 Å². The first-order valence-corrected chi connectivity index (χ1v) is 13.7. The highest BCUT2D eigenvalue weighted by molar-refractivity contribution is 9.10. The number of hydrogen-bond acceptors (Lipinski definition) is 4. The summed E-state index contributed by atoms with van der Waals surface area (Å²) in [7, 11) is -3.76. The number of carbonyl (C=O) groups is 2. The highest BCUT2D eigenvalue weighted by Crippen LogP contribution is 2.28. The topological polar surface area (TPSA) is 86.8 Å². The minimum absolute atomic E-state index is 0.201. The second kappa shape index (κ2) is 12.7. The third kappa shape index (κ3) is 7.85. The van der Waals surface area contributed by atoms with Crippen LogP contribution in [0.1, 0.15) is 38.7 Å². The number of anilines is 1. The normalized spacial score (nSPS) is 12.1. The second-order valence-corrected chi connectivity index (χ2v) is 10.6. The largest absolute Gasteiger partial charge is 0.354 e. The van der Waals surface area contributed by atoms with Crippen molar-refractivity contribution in [1.82, 2.24) is 10.2 Å². The van der Waals surface area contributed by atoms with Crippen molar-refractivity contribution in [2.45, 2.75) is 45.7 Å². The van der Waals surface area contributed by atoms with Gasteiger partial charge in [0, 0.05) is 17.6 Å². The minimum Gasteiger partial charge on any atom is -0.354 e. The Labute approximate surface area is 205 Å². The summed E-state index contributed by atoms with van der Waals surface area (Å²) in [6.45, 7) is 4.21. The Morgan fingerprint density at radius 3 is 2.24 bits per heavy atom. The summed E-state index contributed by atoms with van der Waals surface area (Å²) < 4.78 is 26.8. The maximum atomic E-state index is 13.5. The first kappa shape index (κ1) is 26.9. The average molecular weight is 539 g/mol. The molecule has 0 aliphatic heterocycles. The molecule has 0 unspecified atom stereocenters. The molecule has 9 heteroatoms. The molecule has 2 rings (SSSR count). The Morgan fingerprint density at radius 2 is 1.67 bits per heavy atom. The predicted molar refractivity (Wildman–Crippen MR) is 135 cm³/mol. The van der Waals surface area contributed by atoms with Crippen molar-refractivity contribution in [3.05, 3.63) is 64.6 Å². The summed E-state index contributed by atoms with van der Waals surface area (Å²) in [5, 5.41) is 2.91. The van der Waals surface area contributed by atoms with Crippen molar-refractivity contribution < 1.29 is 18.0 Å². The molecule has 0 bridgehead atoms. The first-order chi connectivity index (χ1) is 15.7. The second-order valence-electron chi connectivity index (χ2n) is 7.80. The third-order valence-electron chi connectivity index (χ3n) is 5.21. The van der Waals surface area contributed by atoms with E-state index in [1.165, 1.54) is 4.90 Å². The van der Waals surface area contributed by atoms with Gasteiger partial charge in [0.05, 0.1) is 11.9 Å². The summed E-state index contributed by atoms with van der Waals surface area (Å²) in [6, 6.07) is 15.5. The van der Waals surface area contributed by atoms with Crippen LogP contribution in [0.25, 0.3) is 0 Å². The van der Waals surface area contributed by atoms with Gasteiger partial charge in [-0.1, -0.05) is 62.7 Å². The lowest BCUT2D eigenvalue weighted by Crippen LogP contribution is -2.52. The van der Waals surface area contributed by atoms with E-state index in [1.54, 1.807) is 24.3 Å². The van der Waals surface area contributed by atoms with Crippen LogP contribution in [-0.2, 0) is 26.2 Å². The molecule has 0 radical (unpaired) electrons. The van der Waals surface area contributed by atoms with Crippen LogP contribution in [0.5, 0.6) is 0 Å². The van der Waals surface area contributed by atoms with Crippen molar-refractivity contribution in [2.24, 2.45) is 0 Å². The minimum atomic E-state index is -3.76. The van der Waals surface area contributed by atoms with Crippen LogP contribution >= 0.6 is 15.9 Å². The summed E-state index contributed by atoms with van der Waals surface area (Å²) in [4.78, 5) is 28.0. The van der Waals surface area contributed by atoms with E-state index in [0.717, 1.165) is 29.0 Å². The number of amides is 2. The van der Waals surface area contributed by atoms with Crippen molar-refractivity contribution in [3.63, 3.8) is 0 Å². The van der Waals surface area contributed by atoms with E-state index in [2.05, 4.69) is 21.2 Å². The molecule has 0 aliphatic rings. The molecule has 0 aliphatic carbocycles. The molecule has 7 nitrogen and oxygen atoms in total. The molecule has 1 atom stereocenters. The maximum Gasteiger partial charge on any atom is 0.244 e. The Morgan fingerprint density at radius 1 is 1.03 bits per heavy atom. The summed E-state index contributed by atoms with van der Waals surface area (Å²) in [5.41, 5.74) is 1.23. The van der Waals surface area contributed by atoms with Crippen molar-refractivity contribution >= 4 is 43.5 Å². The van der Waals surface area contributed by atoms with Crippen LogP contribution in [0.15, 0.2) is 59.1 Å². The quantitative estimate of drug-likeness (QED) is 0.415. The Bertz CT molecular complexity index is 1030. The van der Waals surface area contributed by atoms with Crippen LogP contribution in [-0.4, -0.2) is 50.5 Å². The summed E-state index contributed by atoms with van der Waals surface area (Å²) in [6.07, 6.45) is 3.26. The van der Waals surface area contributed by atoms with E-state index in [1.807, 2.05) is 44.2 Å². The van der Waals surface area contributed by atoms with Crippen LogP contribution in [0.4, 0.5) is 5.69 Å². The smallest absolute Gasteiger partial charge is 0.244 e. The van der Waals surface area contributed by atoms with Gasteiger partial charge in [0.1, 0.15) is 12.6 Å². The van der Waals surface area contributed by atoms with Gasteiger partial charge >= 0.3 is 0 Å². The molecular formula is C24H32BrN3O4S. The molecule has 180 valence electrons. The maximum absolute atomic E-state index is 13.5. The van der Waals surface area contributed by atoms with Gasteiger partial charge in [-0.3, -0.25) is 13.9 Å². The first-order valence-electron chi connectivity index (χ1n) is 11.0. The third-order valence-corrected chi connectivity index (χ3v) is 7.01. The summed E-state index contributed by atoms with van der Waals surface area (Å²) in [5.74, 6) is -0.681. The Balaban J connectivity index is 2.38. The molecule has 33 heavy (non-hydrogen) atoms. The molecule has 1 N–H and O–H groups in total. The molecule has 2 aromatic carbocycles. The number of nitrogens with zero attached hydrogens (tertiary/aromatic N) is 2. The number of sulfonamides is 1. The van der Waals surface area contributed by atoms with E-state index < -0.39 is 28.5 Å². The standard InChI is InChI=1S/C24H32BrN3O4S/c1-4-6-16-26-24(30)21(5-2)27(17-19-12-8-7-9-13-19)23(29)18-28(33(3,31)32)22-15-11-10-14-20(22)25/h7-15,21H,4-6,16-18H2,1-3H3,(H,26,30)/t21-/m1/s1.